The number of hydrogen-bond acceptors (Lipinski definition) is 1. The Labute approximate surface area is 81.3 Å². The zero-order chi connectivity index (χ0) is 9.84. The molecule has 2 unspecified atom stereocenters. The minimum Gasteiger partial charge on any atom is -0.297 e. The van der Waals surface area contributed by atoms with Gasteiger partial charge in [0.1, 0.15) is 0 Å². The number of aliphatic imine (C=N–C) groups is 1. The summed E-state index contributed by atoms with van der Waals surface area (Å²) >= 11 is 0. The summed E-state index contributed by atoms with van der Waals surface area (Å²) < 4.78 is 0. The predicted octanol–water partition coefficient (Wildman–Crippen LogP) is 3.09. The van der Waals surface area contributed by atoms with Crippen molar-refractivity contribution in [3.05, 3.63) is 24.3 Å². The van der Waals surface area contributed by atoms with E-state index in [1.54, 1.807) is 0 Å². The van der Waals surface area contributed by atoms with Crippen molar-refractivity contribution >= 4 is 5.71 Å². The quantitative estimate of drug-likeness (QED) is 0.575. The van der Waals surface area contributed by atoms with E-state index in [1.807, 2.05) is 7.05 Å². The second kappa shape index (κ2) is 4.40. The van der Waals surface area contributed by atoms with Crippen molar-refractivity contribution in [2.45, 2.75) is 20.8 Å². The van der Waals surface area contributed by atoms with Crippen LogP contribution in [0.2, 0.25) is 0 Å². The van der Waals surface area contributed by atoms with E-state index in [-0.39, 0.29) is 0 Å². The average molecular weight is 177 g/mol. The second-order valence-corrected chi connectivity index (χ2v) is 3.96. The summed E-state index contributed by atoms with van der Waals surface area (Å²) in [5.41, 5.74) is 1.31. The highest BCUT2D eigenvalue weighted by Crippen LogP contribution is 2.23. The molecule has 0 saturated carbocycles. The third-order valence-electron chi connectivity index (χ3n) is 2.60. The van der Waals surface area contributed by atoms with E-state index in [0.29, 0.717) is 17.8 Å². The summed E-state index contributed by atoms with van der Waals surface area (Å²) in [6.45, 7) is 6.67. The summed E-state index contributed by atoms with van der Waals surface area (Å²) in [7, 11) is 1.90. The SMILES string of the molecule is C/N=C(/C(C)C)C1C=CC=CC1C. The van der Waals surface area contributed by atoms with Gasteiger partial charge in [-0.05, 0) is 11.8 Å². The van der Waals surface area contributed by atoms with Crippen LogP contribution in [0.15, 0.2) is 29.3 Å². The molecular weight excluding hydrogens is 158 g/mol. The van der Waals surface area contributed by atoms with Crippen molar-refractivity contribution < 1.29 is 0 Å². The fourth-order valence-electron chi connectivity index (χ4n) is 1.88. The molecule has 0 heterocycles. The van der Waals surface area contributed by atoms with E-state index in [1.165, 1.54) is 5.71 Å². The fraction of sp³-hybridized carbons (Fsp3) is 0.583. The van der Waals surface area contributed by atoms with Crippen LogP contribution in [0.5, 0.6) is 0 Å². The van der Waals surface area contributed by atoms with Gasteiger partial charge in [0, 0.05) is 18.7 Å². The maximum atomic E-state index is 4.39. The molecular formula is C12H19N. The Kier molecular flexibility index (Phi) is 3.47. The van der Waals surface area contributed by atoms with E-state index in [0.717, 1.165) is 0 Å². The Balaban J connectivity index is 2.81. The minimum absolute atomic E-state index is 0.509. The van der Waals surface area contributed by atoms with Gasteiger partial charge in [0.25, 0.3) is 0 Å². The average Bonchev–Trinajstić information content (AvgIpc) is 2.09. The van der Waals surface area contributed by atoms with Crippen molar-refractivity contribution in [3.63, 3.8) is 0 Å². The Morgan fingerprint density at radius 1 is 1.23 bits per heavy atom. The number of nitrogens with zero attached hydrogens (tertiary/aromatic N) is 1. The van der Waals surface area contributed by atoms with E-state index >= 15 is 0 Å². The number of allylic oxidation sites excluding steroid dienone is 4. The number of rotatable bonds is 2. The minimum atomic E-state index is 0.509. The van der Waals surface area contributed by atoms with Crippen LogP contribution >= 0.6 is 0 Å². The zero-order valence-electron chi connectivity index (χ0n) is 8.99. The van der Waals surface area contributed by atoms with Gasteiger partial charge in [0.15, 0.2) is 0 Å². The molecule has 0 radical (unpaired) electrons. The molecule has 0 fully saturated rings. The van der Waals surface area contributed by atoms with Crippen LogP contribution in [0.3, 0.4) is 0 Å². The van der Waals surface area contributed by atoms with Crippen molar-refractivity contribution in [2.24, 2.45) is 22.7 Å². The standard InChI is InChI=1S/C12H19N/c1-9(2)12(13-4)11-8-6-5-7-10(11)3/h5-11H,1-4H3/b13-12-. The monoisotopic (exact) mass is 177 g/mol. The lowest BCUT2D eigenvalue weighted by Crippen LogP contribution is -2.24. The van der Waals surface area contributed by atoms with Crippen LogP contribution in [0.25, 0.3) is 0 Å². The summed E-state index contributed by atoms with van der Waals surface area (Å²) in [5, 5.41) is 0. The molecule has 1 heteroatoms. The normalized spacial score (nSPS) is 28.5. The molecule has 1 aliphatic rings. The molecule has 0 N–H and O–H groups in total. The maximum Gasteiger partial charge on any atom is 0.0276 e. The van der Waals surface area contributed by atoms with Gasteiger partial charge in [0.05, 0.1) is 0 Å². The Hall–Kier alpha value is -0.850. The molecule has 2 atom stereocenters. The highest BCUT2D eigenvalue weighted by atomic mass is 14.7. The van der Waals surface area contributed by atoms with Crippen molar-refractivity contribution in [1.82, 2.24) is 0 Å². The topological polar surface area (TPSA) is 12.4 Å². The summed E-state index contributed by atoms with van der Waals surface area (Å²) in [6, 6.07) is 0. The largest absolute Gasteiger partial charge is 0.297 e. The van der Waals surface area contributed by atoms with E-state index in [9.17, 15) is 0 Å². The van der Waals surface area contributed by atoms with Gasteiger partial charge in [0.2, 0.25) is 0 Å². The van der Waals surface area contributed by atoms with Crippen molar-refractivity contribution in [1.29, 1.82) is 0 Å². The molecule has 0 aromatic rings. The van der Waals surface area contributed by atoms with Crippen molar-refractivity contribution in [3.8, 4) is 0 Å². The van der Waals surface area contributed by atoms with Gasteiger partial charge < -0.3 is 0 Å². The van der Waals surface area contributed by atoms with E-state index in [2.05, 4.69) is 50.1 Å². The molecule has 1 aliphatic carbocycles. The molecule has 0 saturated heterocycles. The summed E-state index contributed by atoms with van der Waals surface area (Å²) in [5.74, 6) is 1.65. The fourth-order valence-corrected chi connectivity index (χ4v) is 1.88. The summed E-state index contributed by atoms with van der Waals surface area (Å²) in [6.07, 6.45) is 8.75. The zero-order valence-corrected chi connectivity index (χ0v) is 8.99. The molecule has 1 rings (SSSR count). The van der Waals surface area contributed by atoms with Gasteiger partial charge in [-0.3, -0.25) is 4.99 Å². The second-order valence-electron chi connectivity index (χ2n) is 3.96. The molecule has 13 heavy (non-hydrogen) atoms. The highest BCUT2D eigenvalue weighted by Gasteiger charge is 2.21. The van der Waals surface area contributed by atoms with Crippen molar-refractivity contribution in [2.75, 3.05) is 7.05 Å². The van der Waals surface area contributed by atoms with Crippen LogP contribution in [-0.2, 0) is 0 Å². The third-order valence-corrected chi connectivity index (χ3v) is 2.60. The predicted molar refractivity (Wildman–Crippen MR) is 59.1 cm³/mol. The smallest absolute Gasteiger partial charge is 0.0276 e. The Morgan fingerprint density at radius 2 is 1.85 bits per heavy atom. The number of hydrogen-bond donors (Lipinski definition) is 0. The lowest BCUT2D eigenvalue weighted by molar-refractivity contribution is 0.607. The molecule has 0 amide bonds. The first-order valence-corrected chi connectivity index (χ1v) is 4.98. The van der Waals surface area contributed by atoms with Crippen LogP contribution in [0.1, 0.15) is 20.8 Å². The van der Waals surface area contributed by atoms with E-state index in [4.69, 9.17) is 0 Å². The van der Waals surface area contributed by atoms with Gasteiger partial charge in [-0.25, -0.2) is 0 Å². The molecule has 0 spiro atoms. The maximum absolute atomic E-state index is 4.39. The third kappa shape index (κ3) is 2.30. The lowest BCUT2D eigenvalue weighted by Gasteiger charge is -2.24. The first kappa shape index (κ1) is 10.2. The first-order chi connectivity index (χ1) is 6.16. The summed E-state index contributed by atoms with van der Waals surface area (Å²) in [4.78, 5) is 4.39. The van der Waals surface area contributed by atoms with Gasteiger partial charge in [-0.15, -0.1) is 0 Å². The van der Waals surface area contributed by atoms with Crippen LogP contribution in [-0.4, -0.2) is 12.8 Å². The van der Waals surface area contributed by atoms with Crippen LogP contribution < -0.4 is 0 Å². The molecule has 0 aliphatic heterocycles. The highest BCUT2D eigenvalue weighted by molar-refractivity contribution is 5.90. The van der Waals surface area contributed by atoms with Gasteiger partial charge in [-0.1, -0.05) is 45.1 Å². The van der Waals surface area contributed by atoms with Gasteiger partial charge in [-0.2, -0.15) is 0 Å². The van der Waals surface area contributed by atoms with Crippen LogP contribution in [0.4, 0.5) is 0 Å². The Bertz CT molecular complexity index is 246. The molecule has 1 nitrogen and oxygen atoms in total. The molecule has 0 bridgehead atoms. The van der Waals surface area contributed by atoms with Gasteiger partial charge >= 0.3 is 0 Å². The van der Waals surface area contributed by atoms with E-state index < -0.39 is 0 Å². The molecule has 0 aromatic heterocycles. The Morgan fingerprint density at radius 3 is 2.31 bits per heavy atom. The first-order valence-electron chi connectivity index (χ1n) is 4.98. The molecule has 0 aromatic carbocycles. The lowest BCUT2D eigenvalue weighted by atomic mass is 9.82. The molecule has 72 valence electrons. The van der Waals surface area contributed by atoms with Crippen LogP contribution in [0, 0.1) is 17.8 Å².